The van der Waals surface area contributed by atoms with Crippen LogP contribution in [0.25, 0.3) is 0 Å². The van der Waals surface area contributed by atoms with Crippen LogP contribution in [0.2, 0.25) is 0 Å². The Kier molecular flexibility index (Phi) is 10.5. The SMILES string of the molecule is COc1ccc(C(OC[C@H]2O[C@@H](n3cc(C)c(=O)[nH]c3=O)C[C@@H]2OP2O[C@H](c3ccccc3)[C@@H]3CCCN32)(c2ccccc2)c2ccc(OC)cc2)cc1. The Bertz CT molecular complexity index is 2100. The molecule has 0 aliphatic carbocycles. The van der Waals surface area contributed by atoms with Gasteiger partial charge in [0.2, 0.25) is 0 Å². The molecule has 3 saturated heterocycles. The highest BCUT2D eigenvalue weighted by atomic mass is 31.2. The van der Waals surface area contributed by atoms with Gasteiger partial charge in [-0.3, -0.25) is 14.3 Å². The third-order valence-corrected chi connectivity index (χ3v) is 12.4. The van der Waals surface area contributed by atoms with E-state index >= 15 is 0 Å². The Morgan fingerprint density at radius 3 is 2.07 bits per heavy atom. The fraction of sp³-hybridized carbons (Fsp3) is 0.333. The molecule has 4 aromatic carbocycles. The highest BCUT2D eigenvalue weighted by molar-refractivity contribution is 7.45. The van der Waals surface area contributed by atoms with Gasteiger partial charge in [-0.2, -0.15) is 0 Å². The molecule has 6 atom stereocenters. The second-order valence-corrected chi connectivity index (χ2v) is 15.3. The number of methoxy groups -OCH3 is 2. The molecular formula is C42H44N3O8P. The summed E-state index contributed by atoms with van der Waals surface area (Å²) in [5.74, 6) is 1.45. The second kappa shape index (κ2) is 15.6. The van der Waals surface area contributed by atoms with E-state index in [1.807, 2.05) is 84.9 Å². The number of nitrogens with zero attached hydrogens (tertiary/aromatic N) is 2. The monoisotopic (exact) mass is 749 g/mol. The van der Waals surface area contributed by atoms with Crippen molar-refractivity contribution in [3.63, 3.8) is 0 Å². The predicted octanol–water partition coefficient (Wildman–Crippen LogP) is 7.01. The standard InChI is InChI=1S/C42H44N3O8P/c1-28-26-44(41(47)43-40(28)46)38-25-36(52-54-45-24-10-15-35(45)39(53-54)29-11-6-4-7-12-29)37(51-38)27-50-42(30-13-8-5-9-14-30,31-16-20-33(48-2)21-17-31)32-18-22-34(49-3)23-19-32/h4-9,11-14,16-23,26,35-39H,10,15,24-25,27H2,1-3H3,(H,43,46,47)/t35-,36-,37+,38+,39+,54?/m0/s1. The van der Waals surface area contributed by atoms with E-state index in [1.165, 1.54) is 4.57 Å². The average Bonchev–Trinajstić information content (AvgIpc) is 3.95. The van der Waals surface area contributed by atoms with Gasteiger partial charge >= 0.3 is 5.69 Å². The van der Waals surface area contributed by atoms with Gasteiger partial charge < -0.3 is 28.0 Å². The highest BCUT2D eigenvalue weighted by Crippen LogP contribution is 2.61. The lowest BCUT2D eigenvalue weighted by atomic mass is 9.80. The van der Waals surface area contributed by atoms with Crippen molar-refractivity contribution in [3.8, 4) is 11.5 Å². The molecular weight excluding hydrogens is 705 g/mol. The van der Waals surface area contributed by atoms with Gasteiger partial charge in [0.25, 0.3) is 14.1 Å². The Labute approximate surface area is 315 Å². The summed E-state index contributed by atoms with van der Waals surface area (Å²) >= 11 is 0. The van der Waals surface area contributed by atoms with Crippen molar-refractivity contribution in [1.29, 1.82) is 0 Å². The molecule has 11 nitrogen and oxygen atoms in total. The van der Waals surface area contributed by atoms with E-state index < -0.39 is 43.8 Å². The van der Waals surface area contributed by atoms with Crippen molar-refractivity contribution in [1.82, 2.24) is 14.2 Å². The minimum atomic E-state index is -1.45. The van der Waals surface area contributed by atoms with Gasteiger partial charge in [0.1, 0.15) is 35.5 Å². The Balaban J connectivity index is 1.17. The first kappa shape index (κ1) is 36.4. The average molecular weight is 750 g/mol. The molecule has 1 aromatic heterocycles. The predicted molar refractivity (Wildman–Crippen MR) is 205 cm³/mol. The molecule has 1 N–H and O–H groups in total. The van der Waals surface area contributed by atoms with Gasteiger partial charge in [-0.15, -0.1) is 0 Å². The molecule has 0 saturated carbocycles. The van der Waals surface area contributed by atoms with Crippen LogP contribution in [-0.4, -0.2) is 59.8 Å². The summed E-state index contributed by atoms with van der Waals surface area (Å²) in [5, 5.41) is 0. The highest BCUT2D eigenvalue weighted by Gasteiger charge is 2.51. The van der Waals surface area contributed by atoms with E-state index in [9.17, 15) is 9.59 Å². The van der Waals surface area contributed by atoms with Crippen LogP contribution in [0.4, 0.5) is 0 Å². The van der Waals surface area contributed by atoms with Crippen LogP contribution < -0.4 is 20.7 Å². The summed E-state index contributed by atoms with van der Waals surface area (Å²) in [4.78, 5) is 27.9. The summed E-state index contributed by atoms with van der Waals surface area (Å²) in [5.41, 5.74) is 2.15. The molecule has 54 heavy (non-hydrogen) atoms. The third kappa shape index (κ3) is 6.92. The van der Waals surface area contributed by atoms with Crippen molar-refractivity contribution in [2.24, 2.45) is 0 Å². The van der Waals surface area contributed by atoms with Crippen molar-refractivity contribution in [2.75, 3.05) is 27.4 Å². The number of aryl methyl sites for hydroxylation is 1. The number of rotatable bonds is 12. The number of hydrogen-bond acceptors (Lipinski definition) is 9. The summed E-state index contributed by atoms with van der Waals surface area (Å²) in [6.45, 7) is 2.64. The van der Waals surface area contributed by atoms with Gasteiger partial charge in [-0.25, -0.2) is 9.46 Å². The Hall–Kier alpha value is -4.61. The van der Waals surface area contributed by atoms with Crippen LogP contribution in [0.3, 0.4) is 0 Å². The summed E-state index contributed by atoms with van der Waals surface area (Å²) in [7, 11) is 1.84. The molecule has 12 heteroatoms. The van der Waals surface area contributed by atoms with Gasteiger partial charge in [0.15, 0.2) is 0 Å². The van der Waals surface area contributed by atoms with E-state index in [-0.39, 0.29) is 18.8 Å². The molecule has 0 spiro atoms. The van der Waals surface area contributed by atoms with Crippen molar-refractivity contribution < 1.29 is 28.0 Å². The number of fused-ring (bicyclic) bond motifs is 1. The molecule has 3 aliphatic rings. The molecule has 3 fully saturated rings. The summed E-state index contributed by atoms with van der Waals surface area (Å²) in [6, 6.07) is 36.3. The minimum absolute atomic E-state index is 0.0971. The van der Waals surface area contributed by atoms with E-state index in [2.05, 4.69) is 33.9 Å². The molecule has 4 heterocycles. The van der Waals surface area contributed by atoms with Crippen LogP contribution in [0.5, 0.6) is 11.5 Å². The quantitative estimate of drug-likeness (QED) is 0.106. The molecule has 5 aromatic rings. The molecule has 1 unspecified atom stereocenters. The maximum Gasteiger partial charge on any atom is 0.330 e. The number of aromatic nitrogens is 2. The number of H-pyrrole nitrogens is 1. The van der Waals surface area contributed by atoms with Crippen molar-refractivity contribution in [2.45, 2.75) is 62.4 Å². The molecule has 0 radical (unpaired) electrons. The molecule has 3 aliphatic heterocycles. The van der Waals surface area contributed by atoms with Crippen LogP contribution >= 0.6 is 8.53 Å². The smallest absolute Gasteiger partial charge is 0.330 e. The number of ether oxygens (including phenoxy) is 4. The van der Waals surface area contributed by atoms with Gasteiger partial charge in [0.05, 0.1) is 26.9 Å². The second-order valence-electron chi connectivity index (χ2n) is 13.8. The summed E-state index contributed by atoms with van der Waals surface area (Å²) < 4.78 is 42.6. The van der Waals surface area contributed by atoms with Gasteiger partial charge in [-0.1, -0.05) is 84.9 Å². The van der Waals surface area contributed by atoms with Crippen LogP contribution in [0.15, 0.2) is 125 Å². The minimum Gasteiger partial charge on any atom is -0.497 e. The lowest BCUT2D eigenvalue weighted by Crippen LogP contribution is -2.38. The lowest BCUT2D eigenvalue weighted by molar-refractivity contribution is -0.0920. The van der Waals surface area contributed by atoms with E-state index in [1.54, 1.807) is 27.3 Å². The molecule has 0 bridgehead atoms. The molecule has 280 valence electrons. The Morgan fingerprint density at radius 1 is 0.833 bits per heavy atom. The lowest BCUT2D eigenvalue weighted by Gasteiger charge is -2.37. The Morgan fingerprint density at radius 2 is 1.44 bits per heavy atom. The fourth-order valence-electron chi connectivity index (χ4n) is 7.86. The normalized spacial score (nSPS) is 24.1. The van der Waals surface area contributed by atoms with Crippen molar-refractivity contribution >= 4 is 8.53 Å². The maximum atomic E-state index is 13.2. The van der Waals surface area contributed by atoms with Gasteiger partial charge in [0, 0.05) is 30.8 Å². The zero-order chi connectivity index (χ0) is 37.2. The third-order valence-electron chi connectivity index (χ3n) is 10.7. The number of aromatic amines is 1. The first-order chi connectivity index (χ1) is 26.4. The largest absolute Gasteiger partial charge is 0.497 e. The van der Waals surface area contributed by atoms with E-state index in [0.717, 1.165) is 53.1 Å². The van der Waals surface area contributed by atoms with E-state index in [0.29, 0.717) is 12.0 Å². The topological polar surface area (TPSA) is 113 Å². The van der Waals surface area contributed by atoms with Crippen molar-refractivity contribution in [3.05, 3.63) is 164 Å². The molecule has 0 amide bonds. The fourth-order valence-corrected chi connectivity index (χ4v) is 9.84. The maximum absolute atomic E-state index is 13.2. The van der Waals surface area contributed by atoms with E-state index in [4.69, 9.17) is 28.0 Å². The number of hydrogen-bond donors (Lipinski definition) is 1. The zero-order valence-electron chi connectivity index (χ0n) is 30.5. The first-order valence-electron chi connectivity index (χ1n) is 18.3. The number of benzene rings is 4. The van der Waals surface area contributed by atoms with Crippen LogP contribution in [0.1, 0.15) is 59.4 Å². The van der Waals surface area contributed by atoms with Crippen LogP contribution in [-0.2, 0) is 24.1 Å². The number of nitrogens with one attached hydrogen (secondary N) is 1. The summed E-state index contributed by atoms with van der Waals surface area (Å²) in [6.07, 6.45) is 2.05. The van der Waals surface area contributed by atoms with Gasteiger partial charge in [-0.05, 0) is 66.3 Å². The van der Waals surface area contributed by atoms with Crippen LogP contribution in [0, 0.1) is 6.92 Å². The zero-order valence-corrected chi connectivity index (χ0v) is 31.4. The first-order valence-corrected chi connectivity index (χ1v) is 19.4. The molecule has 8 rings (SSSR count).